The molecule has 2 aromatic carbocycles. The van der Waals surface area contributed by atoms with Gasteiger partial charge in [0, 0.05) is 18.3 Å². The maximum atomic E-state index is 12.2. The van der Waals surface area contributed by atoms with Gasteiger partial charge in [-0.15, -0.1) is 0 Å². The van der Waals surface area contributed by atoms with Gasteiger partial charge in [0.2, 0.25) is 5.91 Å². The molecule has 0 saturated heterocycles. The molecule has 2 amide bonds. The normalized spacial score (nSPS) is 10.0. The van der Waals surface area contributed by atoms with Crippen LogP contribution in [-0.4, -0.2) is 18.9 Å². The van der Waals surface area contributed by atoms with E-state index in [9.17, 15) is 9.59 Å². The minimum absolute atomic E-state index is 0.0355. The Labute approximate surface area is 124 Å². The topological polar surface area (TPSA) is 58.2 Å². The number of hydrogen-bond acceptors (Lipinski definition) is 2. The molecule has 0 aliphatic rings. The molecule has 0 aromatic heterocycles. The van der Waals surface area contributed by atoms with Crippen molar-refractivity contribution in [1.82, 2.24) is 5.32 Å². The molecule has 2 rings (SSSR count). The lowest BCUT2D eigenvalue weighted by molar-refractivity contribution is -0.119. The molecule has 21 heavy (non-hydrogen) atoms. The number of carbonyl (C=O) groups excluding carboxylic acids is 2. The van der Waals surface area contributed by atoms with E-state index >= 15 is 0 Å². The molecule has 0 saturated carbocycles. The Morgan fingerprint density at radius 2 is 1.67 bits per heavy atom. The van der Waals surface area contributed by atoms with Gasteiger partial charge in [0.15, 0.2) is 0 Å². The minimum atomic E-state index is -0.132. The van der Waals surface area contributed by atoms with Crippen molar-refractivity contribution >= 4 is 17.5 Å². The molecule has 4 nitrogen and oxygen atoms in total. The van der Waals surface area contributed by atoms with Gasteiger partial charge in [-0.3, -0.25) is 9.59 Å². The van der Waals surface area contributed by atoms with Crippen LogP contribution < -0.4 is 10.6 Å². The SMILES string of the molecule is CNC(=O)Cc1ccc(NC(=O)c2ccccc2C)cc1. The molecule has 0 bridgehead atoms. The van der Waals surface area contributed by atoms with Crippen molar-refractivity contribution in [1.29, 1.82) is 0 Å². The highest BCUT2D eigenvalue weighted by molar-refractivity contribution is 6.05. The summed E-state index contributed by atoms with van der Waals surface area (Å²) in [6, 6.07) is 14.7. The predicted octanol–water partition coefficient (Wildman–Crippen LogP) is 2.54. The van der Waals surface area contributed by atoms with E-state index in [1.807, 2.05) is 37.3 Å². The predicted molar refractivity (Wildman–Crippen MR) is 83.3 cm³/mol. The lowest BCUT2D eigenvalue weighted by atomic mass is 10.1. The highest BCUT2D eigenvalue weighted by atomic mass is 16.2. The zero-order valence-corrected chi connectivity index (χ0v) is 12.1. The zero-order valence-electron chi connectivity index (χ0n) is 12.1. The average molecular weight is 282 g/mol. The fourth-order valence-electron chi connectivity index (χ4n) is 2.01. The minimum Gasteiger partial charge on any atom is -0.359 e. The lowest BCUT2D eigenvalue weighted by Gasteiger charge is -2.08. The van der Waals surface area contributed by atoms with Crippen molar-refractivity contribution in [3.8, 4) is 0 Å². The number of carbonyl (C=O) groups is 2. The van der Waals surface area contributed by atoms with Gasteiger partial charge in [-0.05, 0) is 36.2 Å². The maximum absolute atomic E-state index is 12.2. The second kappa shape index (κ2) is 6.70. The summed E-state index contributed by atoms with van der Waals surface area (Å²) in [7, 11) is 1.61. The number of likely N-dealkylation sites (N-methyl/N-ethyl adjacent to an activating group) is 1. The van der Waals surface area contributed by atoms with Crippen LogP contribution in [0.25, 0.3) is 0 Å². The smallest absolute Gasteiger partial charge is 0.255 e. The van der Waals surface area contributed by atoms with Gasteiger partial charge in [-0.1, -0.05) is 30.3 Å². The van der Waals surface area contributed by atoms with Crippen LogP contribution in [0, 0.1) is 6.92 Å². The van der Waals surface area contributed by atoms with E-state index in [1.165, 1.54) is 0 Å². The Morgan fingerprint density at radius 3 is 2.29 bits per heavy atom. The third-order valence-corrected chi connectivity index (χ3v) is 3.25. The van der Waals surface area contributed by atoms with Crippen molar-refractivity contribution in [3.05, 3.63) is 65.2 Å². The van der Waals surface area contributed by atoms with Crippen molar-refractivity contribution < 1.29 is 9.59 Å². The second-order valence-corrected chi connectivity index (χ2v) is 4.82. The molecule has 2 aromatic rings. The molecular formula is C17H18N2O2. The van der Waals surface area contributed by atoms with Gasteiger partial charge in [0.25, 0.3) is 5.91 Å². The monoisotopic (exact) mass is 282 g/mol. The van der Waals surface area contributed by atoms with Gasteiger partial charge in [-0.2, -0.15) is 0 Å². The van der Waals surface area contributed by atoms with Gasteiger partial charge < -0.3 is 10.6 Å². The molecule has 0 radical (unpaired) electrons. The number of benzene rings is 2. The Morgan fingerprint density at radius 1 is 1.00 bits per heavy atom. The Bertz CT molecular complexity index is 648. The van der Waals surface area contributed by atoms with E-state index in [2.05, 4.69) is 10.6 Å². The summed E-state index contributed by atoms with van der Waals surface area (Å²) in [5.74, 6) is -0.168. The first-order valence-corrected chi connectivity index (χ1v) is 6.76. The van der Waals surface area contributed by atoms with Crippen molar-refractivity contribution in [3.63, 3.8) is 0 Å². The summed E-state index contributed by atoms with van der Waals surface area (Å²) in [6.07, 6.45) is 0.336. The number of nitrogens with one attached hydrogen (secondary N) is 2. The van der Waals surface area contributed by atoms with Gasteiger partial charge in [-0.25, -0.2) is 0 Å². The molecule has 0 spiro atoms. The summed E-state index contributed by atoms with van der Waals surface area (Å²) in [5.41, 5.74) is 3.21. The molecule has 108 valence electrons. The van der Waals surface area contributed by atoms with E-state index in [4.69, 9.17) is 0 Å². The first kappa shape index (κ1) is 14.8. The van der Waals surface area contributed by atoms with E-state index in [1.54, 1.807) is 25.2 Å². The highest BCUT2D eigenvalue weighted by Crippen LogP contribution is 2.13. The van der Waals surface area contributed by atoms with Gasteiger partial charge >= 0.3 is 0 Å². The number of hydrogen-bond donors (Lipinski definition) is 2. The largest absolute Gasteiger partial charge is 0.359 e. The highest BCUT2D eigenvalue weighted by Gasteiger charge is 2.08. The van der Waals surface area contributed by atoms with Crippen LogP contribution >= 0.6 is 0 Å². The molecule has 0 aliphatic heterocycles. The summed E-state index contributed by atoms with van der Waals surface area (Å²) in [6.45, 7) is 1.90. The molecule has 4 heteroatoms. The van der Waals surface area contributed by atoms with E-state index in [0.29, 0.717) is 17.7 Å². The van der Waals surface area contributed by atoms with Crippen LogP contribution in [0.15, 0.2) is 48.5 Å². The Hall–Kier alpha value is -2.62. The van der Waals surface area contributed by atoms with Crippen molar-refractivity contribution in [2.75, 3.05) is 12.4 Å². The van der Waals surface area contributed by atoms with Crippen molar-refractivity contribution in [2.45, 2.75) is 13.3 Å². The fraction of sp³-hybridized carbons (Fsp3) is 0.176. The maximum Gasteiger partial charge on any atom is 0.255 e. The number of amides is 2. The molecule has 0 aliphatic carbocycles. The molecule has 0 heterocycles. The van der Waals surface area contributed by atoms with Gasteiger partial charge in [0.05, 0.1) is 6.42 Å². The Kier molecular flexibility index (Phi) is 4.72. The third-order valence-electron chi connectivity index (χ3n) is 3.25. The van der Waals surface area contributed by atoms with Crippen LogP contribution in [-0.2, 0) is 11.2 Å². The first-order chi connectivity index (χ1) is 10.1. The Balaban J connectivity index is 2.05. The second-order valence-electron chi connectivity index (χ2n) is 4.82. The van der Waals surface area contributed by atoms with Crippen LogP contribution in [0.5, 0.6) is 0 Å². The van der Waals surface area contributed by atoms with Crippen molar-refractivity contribution in [2.24, 2.45) is 0 Å². The first-order valence-electron chi connectivity index (χ1n) is 6.76. The molecule has 0 atom stereocenters. The van der Waals surface area contributed by atoms with Crippen LogP contribution in [0.4, 0.5) is 5.69 Å². The third kappa shape index (κ3) is 3.92. The zero-order chi connectivity index (χ0) is 15.2. The molecule has 0 unspecified atom stereocenters. The lowest BCUT2D eigenvalue weighted by Crippen LogP contribution is -2.19. The molecule has 2 N–H and O–H groups in total. The number of anilines is 1. The van der Waals surface area contributed by atoms with E-state index in [-0.39, 0.29) is 11.8 Å². The van der Waals surface area contributed by atoms with E-state index in [0.717, 1.165) is 11.1 Å². The summed E-state index contributed by atoms with van der Waals surface area (Å²) >= 11 is 0. The van der Waals surface area contributed by atoms with Crippen LogP contribution in [0.2, 0.25) is 0 Å². The molecule has 0 fully saturated rings. The fourth-order valence-corrected chi connectivity index (χ4v) is 2.01. The number of aryl methyl sites for hydroxylation is 1. The summed E-state index contributed by atoms with van der Waals surface area (Å²) in [4.78, 5) is 23.5. The average Bonchev–Trinajstić information content (AvgIpc) is 2.49. The van der Waals surface area contributed by atoms with Gasteiger partial charge in [0.1, 0.15) is 0 Å². The standard InChI is InChI=1S/C17H18N2O2/c1-12-5-3-4-6-15(12)17(21)19-14-9-7-13(8-10-14)11-16(20)18-2/h3-10H,11H2,1-2H3,(H,18,20)(H,19,21). The van der Waals surface area contributed by atoms with E-state index < -0.39 is 0 Å². The quantitative estimate of drug-likeness (QED) is 0.905. The summed E-state index contributed by atoms with van der Waals surface area (Å²) < 4.78 is 0. The van der Waals surface area contributed by atoms with Crippen LogP contribution in [0.3, 0.4) is 0 Å². The van der Waals surface area contributed by atoms with Crippen LogP contribution in [0.1, 0.15) is 21.5 Å². The summed E-state index contributed by atoms with van der Waals surface area (Å²) in [5, 5.41) is 5.43. The number of rotatable bonds is 4. The molecular weight excluding hydrogens is 264 g/mol.